The fourth-order valence-electron chi connectivity index (χ4n) is 3.78. The number of hydrogen-bond acceptors (Lipinski definition) is 4. The second-order valence-electron chi connectivity index (χ2n) is 7.11. The molecule has 0 atom stereocenters. The van der Waals surface area contributed by atoms with E-state index in [0.29, 0.717) is 23.7 Å². The fraction of sp³-hybridized carbons (Fsp3) is 0.364. The first kappa shape index (κ1) is 19.7. The van der Waals surface area contributed by atoms with Gasteiger partial charge in [0.05, 0.1) is 12.6 Å². The van der Waals surface area contributed by atoms with Crippen molar-refractivity contribution in [2.24, 2.45) is 5.73 Å². The smallest absolute Gasteiger partial charge is 0.254 e. The number of aromatic nitrogens is 2. The van der Waals surface area contributed by atoms with E-state index >= 15 is 0 Å². The van der Waals surface area contributed by atoms with E-state index in [0.717, 1.165) is 42.6 Å². The molecular weight excluding hydrogens is 352 g/mol. The monoisotopic (exact) mass is 380 g/mol. The minimum absolute atomic E-state index is 0.213. The predicted molar refractivity (Wildman–Crippen MR) is 113 cm³/mol. The number of primary amides is 1. The van der Waals surface area contributed by atoms with E-state index in [4.69, 9.17) is 16.2 Å². The van der Waals surface area contributed by atoms with Crippen LogP contribution in [-0.2, 0) is 0 Å². The Morgan fingerprint density at radius 1 is 1.39 bits per heavy atom. The van der Waals surface area contributed by atoms with Crippen LogP contribution in [0.15, 0.2) is 30.9 Å². The average Bonchev–Trinajstić information content (AvgIpc) is 3.29. The highest BCUT2D eigenvalue weighted by atomic mass is 16.5. The van der Waals surface area contributed by atoms with E-state index < -0.39 is 5.91 Å². The Morgan fingerprint density at radius 3 is 2.68 bits per heavy atom. The Labute approximate surface area is 165 Å². The Morgan fingerprint density at radius 2 is 2.11 bits per heavy atom. The van der Waals surface area contributed by atoms with E-state index in [2.05, 4.69) is 11.7 Å². The minimum atomic E-state index is -0.576. The number of ether oxygens (including phenoxy) is 1. The Kier molecular flexibility index (Phi) is 5.87. The second-order valence-corrected chi connectivity index (χ2v) is 7.11. The van der Waals surface area contributed by atoms with Gasteiger partial charge in [-0.05, 0) is 56.0 Å². The number of hydrogen-bond donors (Lipinski definition) is 2. The molecule has 28 heavy (non-hydrogen) atoms. The van der Waals surface area contributed by atoms with Crippen LogP contribution in [0.25, 0.3) is 11.6 Å². The van der Waals surface area contributed by atoms with Crippen molar-refractivity contribution in [1.29, 1.82) is 0 Å². The van der Waals surface area contributed by atoms with E-state index in [9.17, 15) is 4.79 Å². The molecule has 0 unspecified atom stereocenters. The highest BCUT2D eigenvalue weighted by Crippen LogP contribution is 2.35. The molecule has 148 valence electrons. The van der Waals surface area contributed by atoms with Crippen LogP contribution < -0.4 is 16.2 Å². The molecule has 3 rings (SSSR count). The van der Waals surface area contributed by atoms with Gasteiger partial charge in [-0.2, -0.15) is 5.10 Å². The van der Waals surface area contributed by atoms with Gasteiger partial charge in [-0.25, -0.2) is 4.68 Å². The van der Waals surface area contributed by atoms with Gasteiger partial charge in [0.2, 0.25) is 0 Å². The summed E-state index contributed by atoms with van der Waals surface area (Å²) in [5, 5.41) is 4.68. The lowest BCUT2D eigenvalue weighted by atomic mass is 10.0. The lowest BCUT2D eigenvalue weighted by Crippen LogP contribution is -2.16. The summed E-state index contributed by atoms with van der Waals surface area (Å²) < 4.78 is 7.32. The van der Waals surface area contributed by atoms with Gasteiger partial charge in [-0.1, -0.05) is 31.6 Å². The molecule has 1 heterocycles. The molecule has 0 bridgehead atoms. The molecule has 0 aliphatic heterocycles. The summed E-state index contributed by atoms with van der Waals surface area (Å²) in [5.74, 6) is 0.586. The summed E-state index contributed by atoms with van der Waals surface area (Å²) in [6.07, 6.45) is 7.93. The molecule has 4 N–H and O–H groups in total. The highest BCUT2D eigenvalue weighted by molar-refractivity contribution is 6.04. The van der Waals surface area contributed by atoms with Crippen molar-refractivity contribution >= 4 is 23.4 Å². The van der Waals surface area contributed by atoms with Gasteiger partial charge in [-0.15, -0.1) is 0 Å². The summed E-state index contributed by atoms with van der Waals surface area (Å²) in [7, 11) is 0. The Balaban J connectivity index is 2.07. The molecule has 1 aromatic carbocycles. The quantitative estimate of drug-likeness (QED) is 0.706. The molecule has 1 aromatic heterocycles. The Bertz CT molecular complexity index is 921. The second kappa shape index (κ2) is 8.33. The van der Waals surface area contributed by atoms with Crippen LogP contribution in [0.2, 0.25) is 0 Å². The third kappa shape index (κ3) is 3.81. The van der Waals surface area contributed by atoms with Gasteiger partial charge < -0.3 is 16.2 Å². The van der Waals surface area contributed by atoms with Crippen LogP contribution in [0.4, 0.5) is 5.82 Å². The number of nitrogens with zero attached hydrogens (tertiary/aromatic N) is 2. The van der Waals surface area contributed by atoms with Crippen molar-refractivity contribution in [2.45, 2.75) is 45.6 Å². The molecule has 0 radical (unpaired) electrons. The van der Waals surface area contributed by atoms with Crippen LogP contribution in [-0.4, -0.2) is 22.3 Å². The summed E-state index contributed by atoms with van der Waals surface area (Å²) in [6, 6.07) is 6.09. The summed E-state index contributed by atoms with van der Waals surface area (Å²) in [5.41, 5.74) is 15.4. The lowest BCUT2D eigenvalue weighted by Gasteiger charge is -2.11. The first-order valence-corrected chi connectivity index (χ1v) is 9.72. The van der Waals surface area contributed by atoms with Gasteiger partial charge in [0.15, 0.2) is 0 Å². The van der Waals surface area contributed by atoms with Crippen molar-refractivity contribution < 1.29 is 9.53 Å². The van der Waals surface area contributed by atoms with E-state index in [-0.39, 0.29) is 11.6 Å². The largest absolute Gasteiger partial charge is 0.494 e. The van der Waals surface area contributed by atoms with Crippen LogP contribution >= 0.6 is 0 Å². The van der Waals surface area contributed by atoms with Gasteiger partial charge in [0, 0.05) is 5.57 Å². The standard InChI is InChI=1S/C22H28N4O2/c1-4-15(13-16-10-11-18(28-5-2)12-14(16)3)20-19(22(24)27)21(23)26(25-20)17-8-6-7-9-17/h4,10-13,17H,1,5-9,23H2,2-3H3,(H2,24,27). The zero-order chi connectivity index (χ0) is 20.3. The van der Waals surface area contributed by atoms with Crippen molar-refractivity contribution in [3.05, 3.63) is 53.2 Å². The number of benzene rings is 1. The molecular formula is C22H28N4O2. The minimum Gasteiger partial charge on any atom is -0.494 e. The first-order chi connectivity index (χ1) is 13.5. The van der Waals surface area contributed by atoms with Crippen molar-refractivity contribution in [2.75, 3.05) is 12.3 Å². The van der Waals surface area contributed by atoms with Gasteiger partial charge in [0.25, 0.3) is 5.91 Å². The number of aryl methyl sites for hydroxylation is 1. The van der Waals surface area contributed by atoms with Crippen molar-refractivity contribution in [3.63, 3.8) is 0 Å². The maximum absolute atomic E-state index is 12.1. The molecule has 6 heteroatoms. The molecule has 1 aliphatic carbocycles. The zero-order valence-electron chi connectivity index (χ0n) is 16.6. The van der Waals surface area contributed by atoms with Crippen LogP contribution in [0.3, 0.4) is 0 Å². The average molecular weight is 380 g/mol. The number of carbonyl (C=O) groups is 1. The molecule has 1 aliphatic rings. The van der Waals surface area contributed by atoms with E-state index in [1.54, 1.807) is 10.8 Å². The fourth-order valence-corrected chi connectivity index (χ4v) is 3.78. The predicted octanol–water partition coefficient (Wildman–Crippen LogP) is 4.11. The molecule has 6 nitrogen and oxygen atoms in total. The topological polar surface area (TPSA) is 96.2 Å². The number of carbonyl (C=O) groups excluding carboxylic acids is 1. The number of amides is 1. The van der Waals surface area contributed by atoms with Crippen molar-refractivity contribution in [3.8, 4) is 5.75 Å². The van der Waals surface area contributed by atoms with Gasteiger partial charge >= 0.3 is 0 Å². The van der Waals surface area contributed by atoms with E-state index in [1.807, 2.05) is 38.1 Å². The summed E-state index contributed by atoms with van der Waals surface area (Å²) in [4.78, 5) is 12.1. The van der Waals surface area contributed by atoms with Crippen LogP contribution in [0, 0.1) is 6.92 Å². The number of nitrogens with two attached hydrogens (primary N) is 2. The number of anilines is 1. The SMILES string of the molecule is C=CC(=Cc1ccc(OCC)cc1C)c1nn(C2CCCC2)c(N)c1C(N)=O. The van der Waals surface area contributed by atoms with E-state index in [1.165, 1.54) is 0 Å². The molecule has 2 aromatic rings. The van der Waals surface area contributed by atoms with Crippen molar-refractivity contribution in [1.82, 2.24) is 9.78 Å². The molecule has 1 fully saturated rings. The highest BCUT2D eigenvalue weighted by Gasteiger charge is 2.27. The molecule has 1 saturated carbocycles. The lowest BCUT2D eigenvalue weighted by molar-refractivity contribution is 0.100. The third-order valence-electron chi connectivity index (χ3n) is 5.22. The van der Waals surface area contributed by atoms with Gasteiger partial charge in [-0.3, -0.25) is 4.79 Å². The summed E-state index contributed by atoms with van der Waals surface area (Å²) in [6.45, 7) is 8.49. The summed E-state index contributed by atoms with van der Waals surface area (Å²) >= 11 is 0. The number of nitrogen functional groups attached to an aromatic ring is 1. The van der Waals surface area contributed by atoms with Gasteiger partial charge in [0.1, 0.15) is 22.8 Å². The molecule has 1 amide bonds. The van der Waals surface area contributed by atoms with Crippen LogP contribution in [0.1, 0.15) is 65.8 Å². The molecule has 0 saturated heterocycles. The maximum atomic E-state index is 12.1. The Hall–Kier alpha value is -3.02. The number of allylic oxidation sites excluding steroid dienone is 2. The maximum Gasteiger partial charge on any atom is 0.254 e. The zero-order valence-corrected chi connectivity index (χ0v) is 16.6. The normalized spacial score (nSPS) is 15.0. The molecule has 0 spiro atoms. The first-order valence-electron chi connectivity index (χ1n) is 9.72. The number of rotatable bonds is 7. The van der Waals surface area contributed by atoms with Crippen LogP contribution in [0.5, 0.6) is 5.75 Å². The third-order valence-corrected chi connectivity index (χ3v) is 5.22.